The van der Waals surface area contributed by atoms with Crippen LogP contribution in [0.5, 0.6) is 0 Å². The Morgan fingerprint density at radius 1 is 0.571 bits per heavy atom. The Kier molecular flexibility index (Phi) is 5.02. The van der Waals surface area contributed by atoms with E-state index in [9.17, 15) is 0 Å². The van der Waals surface area contributed by atoms with Crippen LogP contribution in [0.2, 0.25) is 0 Å². The fourth-order valence-corrected chi connectivity index (χ4v) is 9.85. The van der Waals surface area contributed by atoms with Gasteiger partial charge in [0.15, 0.2) is 0 Å². The predicted molar refractivity (Wildman–Crippen MR) is 116 cm³/mol. The minimum atomic E-state index is 0. The smallest absolute Gasteiger partial charge is 0.0781 e. The van der Waals surface area contributed by atoms with Gasteiger partial charge in [-0.1, -0.05) is 12.2 Å². The van der Waals surface area contributed by atoms with Crippen molar-refractivity contribution >= 4 is 18.9 Å². The van der Waals surface area contributed by atoms with E-state index >= 15 is 0 Å². The zero-order valence-electron chi connectivity index (χ0n) is 18.1. The summed E-state index contributed by atoms with van der Waals surface area (Å²) in [6, 6.07) is 0. The van der Waals surface area contributed by atoms with Crippen molar-refractivity contribution in [1.29, 1.82) is 0 Å². The van der Waals surface area contributed by atoms with Crippen LogP contribution in [0, 0.1) is 47.3 Å². The van der Waals surface area contributed by atoms with E-state index in [4.69, 9.17) is 4.74 Å². The van der Waals surface area contributed by atoms with Crippen molar-refractivity contribution in [2.75, 3.05) is 0 Å². The molecule has 0 spiro atoms. The van der Waals surface area contributed by atoms with E-state index in [1.54, 1.807) is 0 Å². The van der Waals surface area contributed by atoms with Crippen molar-refractivity contribution in [3.63, 3.8) is 0 Å². The number of ether oxygens (including phenoxy) is 1. The van der Waals surface area contributed by atoms with Crippen LogP contribution in [-0.4, -0.2) is 30.1 Å². The second kappa shape index (κ2) is 7.04. The van der Waals surface area contributed by atoms with Gasteiger partial charge in [-0.15, -0.1) is 13.2 Å². The molecule has 8 aliphatic rings. The summed E-state index contributed by atoms with van der Waals surface area (Å²) in [5.41, 5.74) is 0.209. The quantitative estimate of drug-likeness (QED) is 0.400. The third-order valence-electron chi connectivity index (χ3n) is 10.3. The second-order valence-corrected chi connectivity index (χ2v) is 11.6. The van der Waals surface area contributed by atoms with Crippen LogP contribution in [0.3, 0.4) is 0 Å². The molecule has 1 nitrogen and oxygen atoms in total. The predicted octanol–water partition coefficient (Wildman–Crippen LogP) is 6.16. The third-order valence-corrected chi connectivity index (χ3v) is 10.3. The molecule has 149 valence electrons. The van der Waals surface area contributed by atoms with Crippen molar-refractivity contribution in [2.45, 2.75) is 88.3 Å². The van der Waals surface area contributed by atoms with Gasteiger partial charge in [0.1, 0.15) is 0 Å². The summed E-state index contributed by atoms with van der Waals surface area (Å²) >= 11 is 0. The summed E-state index contributed by atoms with van der Waals surface area (Å²) in [6.07, 6.45) is 21.1. The van der Waals surface area contributed by atoms with Crippen molar-refractivity contribution in [1.82, 2.24) is 0 Å². The molecule has 0 unspecified atom stereocenters. The van der Waals surface area contributed by atoms with Gasteiger partial charge in [0.05, 0.1) is 11.2 Å². The molecule has 8 bridgehead atoms. The van der Waals surface area contributed by atoms with E-state index < -0.39 is 0 Å². The van der Waals surface area contributed by atoms with Gasteiger partial charge in [0.25, 0.3) is 0 Å². The Balaban J connectivity index is 0.00000171. The molecule has 0 aromatic heterocycles. The first-order valence-corrected chi connectivity index (χ1v) is 12.1. The first kappa shape index (κ1) is 20.0. The van der Waals surface area contributed by atoms with E-state index in [1.165, 1.54) is 64.2 Å². The zero-order chi connectivity index (χ0) is 18.2. The van der Waals surface area contributed by atoms with E-state index in [2.05, 4.69) is 25.3 Å². The maximum atomic E-state index is 7.72. The Bertz CT molecular complexity index is 526. The zero-order valence-corrected chi connectivity index (χ0v) is 18.1. The van der Waals surface area contributed by atoms with Crippen molar-refractivity contribution in [3.8, 4) is 0 Å². The van der Waals surface area contributed by atoms with Gasteiger partial charge < -0.3 is 4.74 Å². The first-order chi connectivity index (χ1) is 13.1. The van der Waals surface area contributed by atoms with Crippen LogP contribution in [0.1, 0.15) is 77.0 Å². The van der Waals surface area contributed by atoms with E-state index in [0.717, 1.165) is 60.2 Å². The Morgan fingerprint density at radius 3 is 1.11 bits per heavy atom. The molecule has 0 aliphatic heterocycles. The Morgan fingerprint density at radius 2 is 0.857 bits per heavy atom. The molecule has 1 radical (unpaired) electrons. The summed E-state index contributed by atoms with van der Waals surface area (Å²) < 4.78 is 7.72. The maximum absolute atomic E-state index is 7.72. The standard InChI is InChI=1S/C26H38O.Li/c1-3-5-25(21-9-17-7-18(11-21)12-22(25)10-17)27-26(6-4-2)23-13-19-8-20(15-23)16-24(26)14-19;/h3-4,17-24H,1-2,5-16H2;. The van der Waals surface area contributed by atoms with Gasteiger partial charge in [0, 0.05) is 18.9 Å². The first-order valence-electron chi connectivity index (χ1n) is 12.1. The van der Waals surface area contributed by atoms with E-state index in [1.807, 2.05) is 0 Å². The van der Waals surface area contributed by atoms with Gasteiger partial charge in [-0.25, -0.2) is 0 Å². The van der Waals surface area contributed by atoms with Crippen LogP contribution in [0.15, 0.2) is 25.3 Å². The fraction of sp³-hybridized carbons (Fsp3) is 0.846. The molecular weight excluding hydrogens is 335 g/mol. The van der Waals surface area contributed by atoms with Gasteiger partial charge in [-0.3, -0.25) is 0 Å². The molecular formula is C26H38LiO. The Hall–Kier alpha value is 0.0374. The number of hydrogen-bond donors (Lipinski definition) is 0. The summed E-state index contributed by atoms with van der Waals surface area (Å²) in [7, 11) is 0. The molecule has 0 saturated heterocycles. The maximum Gasteiger partial charge on any atom is 0.0781 e. The van der Waals surface area contributed by atoms with Crippen molar-refractivity contribution < 1.29 is 4.74 Å². The molecule has 8 aliphatic carbocycles. The molecule has 0 amide bonds. The van der Waals surface area contributed by atoms with Gasteiger partial charge in [0.2, 0.25) is 0 Å². The second-order valence-electron chi connectivity index (χ2n) is 11.6. The SMILES string of the molecule is C=CCC1(OC2(CC=C)C3CC4CC(C3)CC2C4)C2CC3CC(C2)CC1C3.[Li]. The minimum absolute atomic E-state index is 0. The van der Waals surface area contributed by atoms with Crippen molar-refractivity contribution in [2.24, 2.45) is 47.3 Å². The molecule has 0 aromatic rings. The van der Waals surface area contributed by atoms with Gasteiger partial charge in [-0.2, -0.15) is 0 Å². The summed E-state index contributed by atoms with van der Waals surface area (Å²) in [4.78, 5) is 0. The van der Waals surface area contributed by atoms with Crippen LogP contribution >= 0.6 is 0 Å². The largest absolute Gasteiger partial charge is 0.367 e. The summed E-state index contributed by atoms with van der Waals surface area (Å²) in [5.74, 6) is 7.20. The molecule has 0 N–H and O–H groups in total. The van der Waals surface area contributed by atoms with Crippen LogP contribution < -0.4 is 0 Å². The molecule has 0 aromatic carbocycles. The molecule has 0 atom stereocenters. The number of hydrogen-bond acceptors (Lipinski definition) is 1. The van der Waals surface area contributed by atoms with Gasteiger partial charge in [-0.05, 0) is 124 Å². The molecule has 8 rings (SSSR count). The topological polar surface area (TPSA) is 9.23 Å². The van der Waals surface area contributed by atoms with Crippen LogP contribution in [0.4, 0.5) is 0 Å². The summed E-state index contributed by atoms with van der Waals surface area (Å²) in [5, 5.41) is 0. The van der Waals surface area contributed by atoms with Crippen molar-refractivity contribution in [3.05, 3.63) is 25.3 Å². The van der Waals surface area contributed by atoms with Gasteiger partial charge >= 0.3 is 0 Å². The molecule has 0 heterocycles. The molecule has 28 heavy (non-hydrogen) atoms. The van der Waals surface area contributed by atoms with Crippen LogP contribution in [0.25, 0.3) is 0 Å². The molecule has 8 saturated carbocycles. The van der Waals surface area contributed by atoms with E-state index in [-0.39, 0.29) is 30.1 Å². The number of rotatable bonds is 6. The Labute approximate surface area is 184 Å². The average molecular weight is 374 g/mol. The summed E-state index contributed by atoms with van der Waals surface area (Å²) in [6.45, 7) is 8.42. The normalized spacial score (nSPS) is 55.1. The minimum Gasteiger partial charge on any atom is -0.367 e. The third kappa shape index (κ3) is 2.68. The molecule has 2 heteroatoms. The average Bonchev–Trinajstić information content (AvgIpc) is 2.63. The fourth-order valence-electron chi connectivity index (χ4n) is 9.85. The monoisotopic (exact) mass is 373 g/mol. The van der Waals surface area contributed by atoms with E-state index in [0.29, 0.717) is 0 Å². The van der Waals surface area contributed by atoms with Crippen LogP contribution in [-0.2, 0) is 4.74 Å². The molecule has 8 fully saturated rings.